The fourth-order valence-corrected chi connectivity index (χ4v) is 2.07. The van der Waals surface area contributed by atoms with Crippen LogP contribution in [0.15, 0.2) is 18.2 Å². The van der Waals surface area contributed by atoms with E-state index >= 15 is 0 Å². The van der Waals surface area contributed by atoms with Gasteiger partial charge in [0.1, 0.15) is 22.3 Å². The number of aromatic nitrogens is 2. The maximum atomic E-state index is 11.2. The normalized spacial score (nSPS) is 10.3. The van der Waals surface area contributed by atoms with Crippen molar-refractivity contribution in [2.45, 2.75) is 0 Å². The Hall–Kier alpha value is -2.01. The second-order valence-electron chi connectivity index (χ2n) is 3.83. The number of halogens is 1. The molecule has 2 aromatic rings. The van der Waals surface area contributed by atoms with Crippen molar-refractivity contribution in [1.82, 2.24) is 9.78 Å². The molecule has 0 N–H and O–H groups in total. The summed E-state index contributed by atoms with van der Waals surface area (Å²) in [7, 11) is 4.76. The zero-order valence-corrected chi connectivity index (χ0v) is 11.6. The molecule has 0 bridgehead atoms. The van der Waals surface area contributed by atoms with Crippen molar-refractivity contribution in [3.05, 3.63) is 28.9 Å². The Labute approximate surface area is 115 Å². The highest BCUT2D eigenvalue weighted by Crippen LogP contribution is 2.40. The molecule has 1 aromatic carbocycles. The van der Waals surface area contributed by atoms with Crippen molar-refractivity contribution < 1.29 is 14.3 Å². The molecule has 0 aliphatic heterocycles. The van der Waals surface area contributed by atoms with Gasteiger partial charge in [0.25, 0.3) is 0 Å². The van der Waals surface area contributed by atoms with Crippen LogP contribution >= 0.6 is 11.6 Å². The summed E-state index contributed by atoms with van der Waals surface area (Å²) in [5.41, 5.74) is 1.36. The molecule has 100 valence electrons. The van der Waals surface area contributed by atoms with E-state index in [4.69, 9.17) is 21.1 Å². The van der Waals surface area contributed by atoms with E-state index in [0.717, 1.165) is 0 Å². The van der Waals surface area contributed by atoms with Crippen molar-refractivity contribution in [2.24, 2.45) is 7.05 Å². The Morgan fingerprint density at radius 2 is 1.84 bits per heavy atom. The van der Waals surface area contributed by atoms with Crippen LogP contribution in [0.1, 0.15) is 10.4 Å². The van der Waals surface area contributed by atoms with Crippen LogP contribution < -0.4 is 9.47 Å². The van der Waals surface area contributed by atoms with Crippen LogP contribution in [0.3, 0.4) is 0 Å². The van der Waals surface area contributed by atoms with E-state index in [1.165, 1.54) is 4.68 Å². The molecule has 2 rings (SSSR count). The second kappa shape index (κ2) is 5.32. The maximum Gasteiger partial charge on any atom is 0.155 e. The van der Waals surface area contributed by atoms with Crippen molar-refractivity contribution in [1.29, 1.82) is 0 Å². The second-order valence-corrected chi connectivity index (χ2v) is 4.19. The van der Waals surface area contributed by atoms with Crippen molar-refractivity contribution in [3.8, 4) is 22.8 Å². The highest BCUT2D eigenvalue weighted by molar-refractivity contribution is 6.32. The van der Waals surface area contributed by atoms with Crippen LogP contribution in [-0.2, 0) is 7.05 Å². The van der Waals surface area contributed by atoms with Gasteiger partial charge in [0.15, 0.2) is 6.29 Å². The third-order valence-electron chi connectivity index (χ3n) is 2.79. The van der Waals surface area contributed by atoms with E-state index in [9.17, 15) is 4.79 Å². The molecule has 1 aromatic heterocycles. The van der Waals surface area contributed by atoms with Crippen LogP contribution in [0.2, 0.25) is 5.15 Å². The molecular weight excluding hydrogens is 268 g/mol. The number of rotatable bonds is 4. The molecule has 0 fully saturated rings. The smallest absolute Gasteiger partial charge is 0.155 e. The van der Waals surface area contributed by atoms with Gasteiger partial charge in [-0.05, 0) is 12.1 Å². The monoisotopic (exact) mass is 280 g/mol. The summed E-state index contributed by atoms with van der Waals surface area (Å²) in [4.78, 5) is 11.2. The molecule has 0 saturated carbocycles. The van der Waals surface area contributed by atoms with E-state index in [1.54, 1.807) is 39.5 Å². The van der Waals surface area contributed by atoms with Crippen LogP contribution in [-0.4, -0.2) is 30.3 Å². The molecule has 5 nitrogen and oxygen atoms in total. The summed E-state index contributed by atoms with van der Waals surface area (Å²) in [5, 5.41) is 4.54. The predicted molar refractivity (Wildman–Crippen MR) is 72.1 cm³/mol. The summed E-state index contributed by atoms with van der Waals surface area (Å²) in [5.74, 6) is 1.13. The molecule has 19 heavy (non-hydrogen) atoms. The third-order valence-corrected chi connectivity index (χ3v) is 3.24. The standard InChI is InChI=1S/C13H13ClN2O3/c1-16-13(14)8(7-17)12(15-16)11-9(18-2)5-4-6-10(11)19-3/h4-7H,1-3H3. The van der Waals surface area contributed by atoms with Gasteiger partial charge in [-0.2, -0.15) is 5.10 Å². The van der Waals surface area contributed by atoms with Crippen LogP contribution in [0.4, 0.5) is 0 Å². The first-order valence-corrected chi connectivity index (χ1v) is 5.90. The summed E-state index contributed by atoms with van der Waals surface area (Å²) in [6.07, 6.45) is 0.677. The van der Waals surface area contributed by atoms with E-state index in [0.29, 0.717) is 34.6 Å². The number of aryl methyl sites for hydroxylation is 1. The summed E-state index contributed by atoms with van der Waals surface area (Å²) < 4.78 is 12.0. The van der Waals surface area contributed by atoms with Gasteiger partial charge in [-0.15, -0.1) is 0 Å². The minimum Gasteiger partial charge on any atom is -0.496 e. The lowest BCUT2D eigenvalue weighted by atomic mass is 10.1. The number of ether oxygens (including phenoxy) is 2. The van der Waals surface area contributed by atoms with Crippen LogP contribution in [0, 0.1) is 0 Å². The molecule has 6 heteroatoms. The molecule has 0 atom stereocenters. The van der Waals surface area contributed by atoms with Gasteiger partial charge in [-0.25, -0.2) is 0 Å². The Balaban J connectivity index is 2.77. The average molecular weight is 281 g/mol. The zero-order valence-electron chi connectivity index (χ0n) is 10.8. The molecule has 0 radical (unpaired) electrons. The summed E-state index contributed by atoms with van der Waals surface area (Å²) in [6.45, 7) is 0. The first kappa shape index (κ1) is 13.4. The number of nitrogens with zero attached hydrogens (tertiary/aromatic N) is 2. The molecule has 0 aliphatic rings. The molecule has 0 amide bonds. The Bertz CT molecular complexity index is 600. The van der Waals surface area contributed by atoms with Gasteiger partial charge in [0.05, 0.1) is 25.3 Å². The quantitative estimate of drug-likeness (QED) is 0.808. The Kier molecular flexibility index (Phi) is 3.76. The fourth-order valence-electron chi connectivity index (χ4n) is 1.89. The number of benzene rings is 1. The van der Waals surface area contributed by atoms with Gasteiger partial charge in [0.2, 0.25) is 0 Å². The molecule has 1 heterocycles. The number of aldehydes is 1. The van der Waals surface area contributed by atoms with Crippen LogP contribution in [0.5, 0.6) is 11.5 Å². The number of hydrogen-bond acceptors (Lipinski definition) is 4. The van der Waals surface area contributed by atoms with Crippen molar-refractivity contribution in [3.63, 3.8) is 0 Å². The number of carbonyl (C=O) groups is 1. The predicted octanol–water partition coefficient (Wildman–Crippen LogP) is 2.57. The number of hydrogen-bond donors (Lipinski definition) is 0. The van der Waals surface area contributed by atoms with E-state index in [2.05, 4.69) is 5.10 Å². The summed E-state index contributed by atoms with van der Waals surface area (Å²) in [6, 6.07) is 5.34. The van der Waals surface area contributed by atoms with E-state index in [1.807, 2.05) is 0 Å². The Morgan fingerprint density at radius 1 is 1.26 bits per heavy atom. The van der Waals surface area contributed by atoms with Gasteiger partial charge < -0.3 is 9.47 Å². The topological polar surface area (TPSA) is 53.4 Å². The third kappa shape index (κ3) is 2.17. The lowest BCUT2D eigenvalue weighted by molar-refractivity contribution is 0.112. The van der Waals surface area contributed by atoms with E-state index < -0.39 is 0 Å². The highest BCUT2D eigenvalue weighted by atomic mass is 35.5. The lowest BCUT2D eigenvalue weighted by Gasteiger charge is -2.11. The highest BCUT2D eigenvalue weighted by Gasteiger charge is 2.22. The van der Waals surface area contributed by atoms with Gasteiger partial charge in [0, 0.05) is 7.05 Å². The minimum atomic E-state index is 0.276. The SMILES string of the molecule is COc1cccc(OC)c1-c1nn(C)c(Cl)c1C=O. The summed E-state index contributed by atoms with van der Waals surface area (Å²) >= 11 is 6.04. The van der Waals surface area contributed by atoms with Crippen molar-refractivity contribution >= 4 is 17.9 Å². The molecular formula is C13H13ClN2O3. The molecule has 0 saturated heterocycles. The lowest BCUT2D eigenvalue weighted by Crippen LogP contribution is -1.96. The number of carbonyl (C=O) groups excluding carboxylic acids is 1. The first-order chi connectivity index (χ1) is 9.13. The largest absolute Gasteiger partial charge is 0.496 e. The fraction of sp³-hybridized carbons (Fsp3) is 0.231. The van der Waals surface area contributed by atoms with Gasteiger partial charge in [-0.1, -0.05) is 17.7 Å². The number of methoxy groups -OCH3 is 2. The molecule has 0 spiro atoms. The van der Waals surface area contributed by atoms with Crippen molar-refractivity contribution in [2.75, 3.05) is 14.2 Å². The molecule has 0 unspecified atom stereocenters. The van der Waals surface area contributed by atoms with Gasteiger partial charge >= 0.3 is 0 Å². The average Bonchev–Trinajstić information content (AvgIpc) is 2.72. The Morgan fingerprint density at radius 3 is 2.32 bits per heavy atom. The zero-order chi connectivity index (χ0) is 14.0. The first-order valence-electron chi connectivity index (χ1n) is 5.53. The maximum absolute atomic E-state index is 11.2. The minimum absolute atomic E-state index is 0.276. The van der Waals surface area contributed by atoms with Crippen LogP contribution in [0.25, 0.3) is 11.3 Å². The molecule has 0 aliphatic carbocycles. The van der Waals surface area contributed by atoms with Gasteiger partial charge in [-0.3, -0.25) is 9.48 Å². The van der Waals surface area contributed by atoms with E-state index in [-0.39, 0.29) is 5.15 Å².